The summed E-state index contributed by atoms with van der Waals surface area (Å²) >= 11 is 0. The number of fused-ring (bicyclic) bond motifs is 1. The van der Waals surface area contributed by atoms with Crippen molar-refractivity contribution in [2.75, 3.05) is 11.9 Å². The minimum atomic E-state index is -0.226. The van der Waals surface area contributed by atoms with E-state index >= 15 is 0 Å². The summed E-state index contributed by atoms with van der Waals surface area (Å²) in [7, 11) is -0.0535. The molecule has 0 spiro atoms. The molecule has 0 fully saturated rings. The van der Waals surface area contributed by atoms with Crippen LogP contribution in [0.1, 0.15) is 38.8 Å². The molecule has 1 aliphatic heterocycles. The molecule has 0 saturated carbocycles. The average molecular weight is 356 g/mol. The van der Waals surface area contributed by atoms with Crippen LogP contribution in [0.3, 0.4) is 0 Å². The van der Waals surface area contributed by atoms with Crippen molar-refractivity contribution < 1.29 is 9.53 Å². The largest absolute Gasteiger partial charge is 0.466 e. The number of nitrogens with one attached hydrogen (secondary N) is 1. The highest BCUT2D eigenvalue weighted by Gasteiger charge is 2.24. The second kappa shape index (κ2) is 7.04. The standard InChI is InChI=1S/C21H25NO2S/c1-15(23)24-13-12-16-8-10-17(11-9-16)25-14-22-20-18(21(2,3)4)6-5-7-19(20)25/h5-11,14,22H,12-13H2,1-4H3. The van der Waals surface area contributed by atoms with E-state index < -0.39 is 0 Å². The molecule has 0 saturated heterocycles. The van der Waals surface area contributed by atoms with Gasteiger partial charge in [-0.15, -0.1) is 10.5 Å². The molecule has 0 amide bonds. The van der Waals surface area contributed by atoms with Crippen molar-refractivity contribution >= 4 is 27.6 Å². The third kappa shape index (κ3) is 3.96. The van der Waals surface area contributed by atoms with Crippen LogP contribution >= 0.6 is 10.5 Å². The van der Waals surface area contributed by atoms with Gasteiger partial charge in [-0.3, -0.25) is 4.79 Å². The molecule has 1 N–H and O–H groups in total. The van der Waals surface area contributed by atoms with Crippen LogP contribution in [0.15, 0.2) is 52.3 Å². The molecule has 1 atom stereocenters. The topological polar surface area (TPSA) is 38.3 Å². The maximum Gasteiger partial charge on any atom is 0.302 e. The van der Waals surface area contributed by atoms with Crippen LogP contribution < -0.4 is 5.32 Å². The smallest absolute Gasteiger partial charge is 0.302 e. The van der Waals surface area contributed by atoms with Gasteiger partial charge in [0.15, 0.2) is 0 Å². The van der Waals surface area contributed by atoms with Gasteiger partial charge in [-0.25, -0.2) is 0 Å². The fourth-order valence-corrected chi connectivity index (χ4v) is 4.78. The molecule has 1 unspecified atom stereocenters. The second-order valence-corrected chi connectivity index (χ2v) is 9.09. The number of hydrogen-bond acceptors (Lipinski definition) is 3. The zero-order valence-electron chi connectivity index (χ0n) is 15.3. The van der Waals surface area contributed by atoms with Crippen LogP contribution in [-0.2, 0) is 21.4 Å². The van der Waals surface area contributed by atoms with Gasteiger partial charge in [0.05, 0.1) is 12.3 Å². The summed E-state index contributed by atoms with van der Waals surface area (Å²) in [6.07, 6.45) is 0.750. The van der Waals surface area contributed by atoms with Crippen molar-refractivity contribution in [1.82, 2.24) is 0 Å². The van der Waals surface area contributed by atoms with E-state index in [0.717, 1.165) is 6.42 Å². The van der Waals surface area contributed by atoms with E-state index in [2.05, 4.69) is 74.0 Å². The molecule has 2 aromatic rings. The van der Waals surface area contributed by atoms with Gasteiger partial charge >= 0.3 is 5.97 Å². The number of benzene rings is 2. The molecule has 4 heteroatoms. The quantitative estimate of drug-likeness (QED) is 0.622. The number of carbonyl (C=O) groups is 1. The molecule has 0 aromatic heterocycles. The number of para-hydroxylation sites is 1. The number of hydrogen-bond donors (Lipinski definition) is 1. The van der Waals surface area contributed by atoms with Crippen molar-refractivity contribution in [2.24, 2.45) is 0 Å². The first-order valence-electron chi connectivity index (χ1n) is 8.55. The lowest BCUT2D eigenvalue weighted by Crippen LogP contribution is -2.13. The van der Waals surface area contributed by atoms with Gasteiger partial charge in [0.1, 0.15) is 0 Å². The Morgan fingerprint density at radius 2 is 1.84 bits per heavy atom. The summed E-state index contributed by atoms with van der Waals surface area (Å²) in [5, 5.41) is 3.52. The molecule has 3 rings (SSSR count). The average Bonchev–Trinajstić information content (AvgIpc) is 2.98. The molecule has 0 radical (unpaired) electrons. The highest BCUT2D eigenvalue weighted by Crippen LogP contribution is 2.47. The van der Waals surface area contributed by atoms with E-state index in [1.807, 2.05) is 0 Å². The predicted molar refractivity (Wildman–Crippen MR) is 106 cm³/mol. The van der Waals surface area contributed by atoms with Crippen LogP contribution in [0.2, 0.25) is 0 Å². The van der Waals surface area contributed by atoms with Gasteiger partial charge in [-0.1, -0.05) is 45.0 Å². The molecule has 1 heterocycles. The molecule has 132 valence electrons. The van der Waals surface area contributed by atoms with Crippen LogP contribution in [-0.4, -0.2) is 18.1 Å². The van der Waals surface area contributed by atoms with E-state index in [4.69, 9.17) is 4.74 Å². The maximum absolute atomic E-state index is 10.8. The number of carbonyl (C=O) groups excluding carboxylic acids is 1. The van der Waals surface area contributed by atoms with Gasteiger partial charge in [-0.2, -0.15) is 0 Å². The molecule has 0 aliphatic carbocycles. The van der Waals surface area contributed by atoms with Gasteiger partial charge in [0.2, 0.25) is 0 Å². The summed E-state index contributed by atoms with van der Waals surface area (Å²) in [5.74, 6) is -0.226. The highest BCUT2D eigenvalue weighted by molar-refractivity contribution is 8.15. The summed E-state index contributed by atoms with van der Waals surface area (Å²) in [6.45, 7) is 8.62. The summed E-state index contributed by atoms with van der Waals surface area (Å²) in [6, 6.07) is 15.2. The van der Waals surface area contributed by atoms with Crippen LogP contribution in [0.5, 0.6) is 0 Å². The Bertz CT molecular complexity index is 817. The third-order valence-corrected chi connectivity index (χ3v) is 6.21. The van der Waals surface area contributed by atoms with Crippen molar-refractivity contribution in [2.45, 2.75) is 49.3 Å². The van der Waals surface area contributed by atoms with Gasteiger partial charge in [0.25, 0.3) is 0 Å². The summed E-state index contributed by atoms with van der Waals surface area (Å²) in [5.41, 5.74) is 6.12. The zero-order valence-corrected chi connectivity index (χ0v) is 16.1. The van der Waals surface area contributed by atoms with E-state index in [1.165, 1.54) is 33.5 Å². The Hall–Kier alpha value is -2.07. The molecular formula is C21H25NO2S. The Morgan fingerprint density at radius 3 is 2.48 bits per heavy atom. The van der Waals surface area contributed by atoms with E-state index in [1.54, 1.807) is 0 Å². The molecule has 3 nitrogen and oxygen atoms in total. The van der Waals surface area contributed by atoms with E-state index in [0.29, 0.717) is 6.61 Å². The minimum Gasteiger partial charge on any atom is -0.466 e. The Morgan fingerprint density at radius 1 is 1.12 bits per heavy atom. The number of anilines is 1. The lowest BCUT2D eigenvalue weighted by molar-refractivity contribution is -0.140. The fraction of sp³-hybridized carbons (Fsp3) is 0.333. The molecule has 1 aliphatic rings. The van der Waals surface area contributed by atoms with Crippen molar-refractivity contribution in [3.05, 3.63) is 53.6 Å². The maximum atomic E-state index is 10.8. The molecule has 2 aromatic carbocycles. The van der Waals surface area contributed by atoms with Gasteiger partial charge in [-0.05, 0) is 34.7 Å². The number of esters is 1. The third-order valence-electron chi connectivity index (χ3n) is 4.27. The van der Waals surface area contributed by atoms with Crippen molar-refractivity contribution in [1.29, 1.82) is 0 Å². The predicted octanol–water partition coefficient (Wildman–Crippen LogP) is 4.96. The number of rotatable bonds is 4. The monoisotopic (exact) mass is 355 g/mol. The molecular weight excluding hydrogens is 330 g/mol. The SMILES string of the molecule is CC(=O)OCCc1ccc(S2=CNc3c2cccc3C(C)(C)C)cc1. The van der Waals surface area contributed by atoms with Crippen LogP contribution in [0, 0.1) is 0 Å². The first kappa shape index (κ1) is 17.7. The first-order valence-corrected chi connectivity index (χ1v) is 9.84. The van der Waals surface area contributed by atoms with Crippen LogP contribution in [0.4, 0.5) is 5.69 Å². The Balaban J connectivity index is 1.80. The fourth-order valence-electron chi connectivity index (χ4n) is 2.98. The lowest BCUT2D eigenvalue weighted by Gasteiger charge is -2.22. The van der Waals surface area contributed by atoms with E-state index in [9.17, 15) is 4.79 Å². The first-order chi connectivity index (χ1) is 11.9. The zero-order chi connectivity index (χ0) is 18.0. The van der Waals surface area contributed by atoms with Gasteiger partial charge < -0.3 is 10.1 Å². The second-order valence-electron chi connectivity index (χ2n) is 7.26. The summed E-state index contributed by atoms with van der Waals surface area (Å²) in [4.78, 5) is 13.5. The van der Waals surface area contributed by atoms with Crippen LogP contribution in [0.25, 0.3) is 0 Å². The molecule has 25 heavy (non-hydrogen) atoms. The Kier molecular flexibility index (Phi) is 5.00. The highest BCUT2D eigenvalue weighted by atomic mass is 32.2. The molecule has 0 bridgehead atoms. The minimum absolute atomic E-state index is 0.0535. The van der Waals surface area contributed by atoms with Gasteiger partial charge in [0, 0.05) is 28.6 Å². The normalized spacial score (nSPS) is 15.9. The number of ether oxygens (including phenoxy) is 1. The summed E-state index contributed by atoms with van der Waals surface area (Å²) < 4.78 is 5.01. The lowest BCUT2D eigenvalue weighted by atomic mass is 9.86. The van der Waals surface area contributed by atoms with Crippen molar-refractivity contribution in [3.63, 3.8) is 0 Å². The van der Waals surface area contributed by atoms with E-state index in [-0.39, 0.29) is 21.9 Å². The Labute approximate surface area is 152 Å². The van der Waals surface area contributed by atoms with Crippen molar-refractivity contribution in [3.8, 4) is 0 Å².